The van der Waals surface area contributed by atoms with Crippen LogP contribution < -0.4 is 0 Å². The van der Waals surface area contributed by atoms with E-state index < -0.39 is 4.92 Å². The summed E-state index contributed by atoms with van der Waals surface area (Å²) in [6.45, 7) is 0.556. The lowest BCUT2D eigenvalue weighted by Gasteiger charge is -2.35. The van der Waals surface area contributed by atoms with E-state index >= 15 is 0 Å². The maximum absolute atomic E-state index is 12.6. The fourth-order valence-electron chi connectivity index (χ4n) is 2.71. The van der Waals surface area contributed by atoms with Crippen molar-refractivity contribution < 1.29 is 14.8 Å². The topological polar surface area (TPSA) is 83.7 Å². The van der Waals surface area contributed by atoms with Gasteiger partial charge in [-0.15, -0.1) is 0 Å². The predicted octanol–water partition coefficient (Wildman–Crippen LogP) is 2.63. The van der Waals surface area contributed by atoms with Crippen LogP contribution in [0.5, 0.6) is 0 Å². The van der Waals surface area contributed by atoms with Crippen molar-refractivity contribution in [3.8, 4) is 0 Å². The molecule has 21 heavy (non-hydrogen) atoms. The highest BCUT2D eigenvalue weighted by Gasteiger charge is 2.31. The van der Waals surface area contributed by atoms with Gasteiger partial charge in [-0.25, -0.2) is 0 Å². The minimum absolute atomic E-state index is 0.00282. The largest absolute Gasteiger partial charge is 0.396 e. The Morgan fingerprint density at radius 3 is 2.90 bits per heavy atom. The number of likely N-dealkylation sites (tertiary alicyclic amines) is 1. The van der Waals surface area contributed by atoms with Crippen molar-refractivity contribution in [2.24, 2.45) is 0 Å². The van der Waals surface area contributed by atoms with Crippen molar-refractivity contribution in [2.45, 2.75) is 31.7 Å². The first-order valence-electron chi connectivity index (χ1n) is 6.90. The molecule has 1 fully saturated rings. The molecular formula is C14H17ClN2O4. The highest BCUT2D eigenvalue weighted by Crippen LogP contribution is 2.28. The lowest BCUT2D eigenvalue weighted by atomic mass is 9.98. The molecule has 1 aliphatic rings. The smallest absolute Gasteiger partial charge is 0.283 e. The van der Waals surface area contributed by atoms with Crippen LogP contribution in [0.15, 0.2) is 18.2 Å². The molecule has 1 unspecified atom stereocenters. The van der Waals surface area contributed by atoms with E-state index in [2.05, 4.69) is 0 Å². The number of nitro benzene ring substituents is 1. The van der Waals surface area contributed by atoms with Gasteiger partial charge in [0.2, 0.25) is 0 Å². The van der Waals surface area contributed by atoms with Crippen LogP contribution in [0.2, 0.25) is 5.02 Å². The Morgan fingerprint density at radius 2 is 2.24 bits per heavy atom. The van der Waals surface area contributed by atoms with Gasteiger partial charge in [0.15, 0.2) is 0 Å². The summed E-state index contributed by atoms with van der Waals surface area (Å²) in [6, 6.07) is 4.01. The molecule has 6 nitrogen and oxygen atoms in total. The lowest BCUT2D eigenvalue weighted by Crippen LogP contribution is -2.44. The van der Waals surface area contributed by atoms with Crippen LogP contribution in [0.3, 0.4) is 0 Å². The first-order chi connectivity index (χ1) is 10.0. The van der Waals surface area contributed by atoms with E-state index in [1.54, 1.807) is 4.90 Å². The Morgan fingerprint density at radius 1 is 1.48 bits per heavy atom. The Balaban J connectivity index is 2.32. The molecule has 1 amide bonds. The molecule has 1 N–H and O–H groups in total. The molecule has 1 aromatic carbocycles. The van der Waals surface area contributed by atoms with E-state index in [-0.39, 0.29) is 34.8 Å². The summed E-state index contributed by atoms with van der Waals surface area (Å²) < 4.78 is 0. The molecule has 0 saturated carbocycles. The molecule has 2 rings (SSSR count). The van der Waals surface area contributed by atoms with Crippen LogP contribution in [0.25, 0.3) is 0 Å². The van der Waals surface area contributed by atoms with Crippen LogP contribution in [0.1, 0.15) is 36.0 Å². The van der Waals surface area contributed by atoms with E-state index in [0.29, 0.717) is 13.0 Å². The summed E-state index contributed by atoms with van der Waals surface area (Å²) in [4.78, 5) is 24.8. The second kappa shape index (κ2) is 6.87. The number of carbonyl (C=O) groups excluding carboxylic acids is 1. The number of hydrogen-bond donors (Lipinski definition) is 1. The summed E-state index contributed by atoms with van der Waals surface area (Å²) >= 11 is 5.77. The number of amides is 1. The summed E-state index contributed by atoms with van der Waals surface area (Å²) in [5.74, 6) is -0.364. The third kappa shape index (κ3) is 3.51. The maximum Gasteiger partial charge on any atom is 0.283 e. The van der Waals surface area contributed by atoms with Gasteiger partial charge in [-0.3, -0.25) is 14.9 Å². The minimum atomic E-state index is -0.593. The lowest BCUT2D eigenvalue weighted by molar-refractivity contribution is -0.385. The Kier molecular flexibility index (Phi) is 5.14. The molecule has 1 aliphatic heterocycles. The first kappa shape index (κ1) is 15.7. The first-order valence-corrected chi connectivity index (χ1v) is 7.28. The summed E-state index contributed by atoms with van der Waals surface area (Å²) in [5.41, 5.74) is -0.227. The van der Waals surface area contributed by atoms with Gasteiger partial charge < -0.3 is 10.0 Å². The molecule has 0 aromatic heterocycles. The van der Waals surface area contributed by atoms with Crippen molar-refractivity contribution in [2.75, 3.05) is 13.2 Å². The van der Waals surface area contributed by atoms with Gasteiger partial charge in [-0.2, -0.15) is 0 Å². The summed E-state index contributed by atoms with van der Waals surface area (Å²) in [5, 5.41) is 20.4. The van der Waals surface area contributed by atoms with Gasteiger partial charge in [0.1, 0.15) is 5.56 Å². The van der Waals surface area contributed by atoms with Crippen LogP contribution >= 0.6 is 11.6 Å². The second-order valence-corrected chi connectivity index (χ2v) is 5.52. The van der Waals surface area contributed by atoms with Crippen molar-refractivity contribution in [3.05, 3.63) is 38.9 Å². The third-order valence-corrected chi connectivity index (χ3v) is 3.97. The minimum Gasteiger partial charge on any atom is -0.396 e. The number of rotatable bonds is 4. The monoisotopic (exact) mass is 312 g/mol. The molecule has 7 heteroatoms. The standard InChI is InChI=1S/C14H17ClN2O4/c15-10-4-5-12(13(9-10)17(20)21)14(19)16-7-2-1-3-11(16)6-8-18/h4-5,9,11,18H,1-3,6-8H2. The third-order valence-electron chi connectivity index (χ3n) is 3.74. The highest BCUT2D eigenvalue weighted by atomic mass is 35.5. The van der Waals surface area contributed by atoms with Crippen molar-refractivity contribution in [3.63, 3.8) is 0 Å². The number of hydrogen-bond acceptors (Lipinski definition) is 4. The van der Waals surface area contributed by atoms with Gasteiger partial charge >= 0.3 is 0 Å². The van der Waals surface area contributed by atoms with E-state index in [1.807, 2.05) is 0 Å². The molecule has 114 valence electrons. The van der Waals surface area contributed by atoms with Crippen molar-refractivity contribution in [1.29, 1.82) is 0 Å². The molecule has 0 aliphatic carbocycles. The molecular weight excluding hydrogens is 296 g/mol. The van der Waals surface area contributed by atoms with Gasteiger partial charge in [0.05, 0.1) is 4.92 Å². The summed E-state index contributed by atoms with van der Waals surface area (Å²) in [6.07, 6.45) is 3.17. The molecule has 1 aromatic rings. The zero-order valence-corrected chi connectivity index (χ0v) is 12.3. The number of benzene rings is 1. The fraction of sp³-hybridized carbons (Fsp3) is 0.500. The quantitative estimate of drug-likeness (QED) is 0.684. The van der Waals surface area contributed by atoms with Crippen molar-refractivity contribution >= 4 is 23.2 Å². The van der Waals surface area contributed by atoms with E-state index in [1.165, 1.54) is 18.2 Å². The van der Waals surface area contributed by atoms with Gasteiger partial charge in [-0.05, 0) is 37.8 Å². The van der Waals surface area contributed by atoms with Gasteiger partial charge in [0, 0.05) is 30.3 Å². The number of nitro groups is 1. The zero-order valence-electron chi connectivity index (χ0n) is 11.5. The van der Waals surface area contributed by atoms with Crippen LogP contribution in [-0.4, -0.2) is 40.0 Å². The van der Waals surface area contributed by atoms with E-state index in [9.17, 15) is 14.9 Å². The number of piperidine rings is 1. The Hall–Kier alpha value is -1.66. The SMILES string of the molecule is O=C(c1ccc(Cl)cc1[N+](=O)[O-])N1CCCCC1CCO. The average Bonchev–Trinajstić information content (AvgIpc) is 2.47. The van der Waals surface area contributed by atoms with E-state index in [0.717, 1.165) is 19.3 Å². The molecule has 0 spiro atoms. The summed E-state index contributed by atoms with van der Waals surface area (Å²) in [7, 11) is 0. The number of aliphatic hydroxyl groups is 1. The van der Waals surface area contributed by atoms with Crippen LogP contribution in [-0.2, 0) is 0 Å². The Labute approximate surface area is 127 Å². The van der Waals surface area contributed by atoms with E-state index in [4.69, 9.17) is 16.7 Å². The predicted molar refractivity (Wildman–Crippen MR) is 78.5 cm³/mol. The van der Waals surface area contributed by atoms with Crippen LogP contribution in [0, 0.1) is 10.1 Å². The maximum atomic E-state index is 12.6. The number of nitrogens with zero attached hydrogens (tertiary/aromatic N) is 2. The van der Waals surface area contributed by atoms with Gasteiger partial charge in [-0.1, -0.05) is 11.6 Å². The zero-order chi connectivity index (χ0) is 15.4. The number of halogens is 1. The number of carbonyl (C=O) groups is 1. The van der Waals surface area contributed by atoms with Gasteiger partial charge in [0.25, 0.3) is 11.6 Å². The normalized spacial score (nSPS) is 18.6. The molecule has 1 atom stereocenters. The van der Waals surface area contributed by atoms with Crippen LogP contribution in [0.4, 0.5) is 5.69 Å². The second-order valence-electron chi connectivity index (χ2n) is 5.08. The fourth-order valence-corrected chi connectivity index (χ4v) is 2.87. The number of aliphatic hydroxyl groups excluding tert-OH is 1. The Bertz CT molecular complexity index is 548. The average molecular weight is 313 g/mol. The highest BCUT2D eigenvalue weighted by molar-refractivity contribution is 6.31. The molecule has 0 radical (unpaired) electrons. The molecule has 0 bridgehead atoms. The van der Waals surface area contributed by atoms with Crippen molar-refractivity contribution in [1.82, 2.24) is 4.90 Å². The molecule has 1 heterocycles. The molecule has 1 saturated heterocycles.